The Kier molecular flexibility index (Phi) is 6.64. The number of halogens is 1. The van der Waals surface area contributed by atoms with Crippen LogP contribution in [-0.4, -0.2) is 39.7 Å². The highest BCUT2D eigenvalue weighted by atomic mass is 35.5. The van der Waals surface area contributed by atoms with E-state index in [-0.39, 0.29) is 35.4 Å². The van der Waals surface area contributed by atoms with Crippen LogP contribution in [0.3, 0.4) is 0 Å². The number of carbonyl (C=O) groups is 1. The van der Waals surface area contributed by atoms with Crippen LogP contribution >= 0.6 is 12.4 Å². The molecule has 1 aliphatic rings. The number of hydrogen-bond donors (Lipinski definition) is 2. The maximum Gasteiger partial charge on any atom is 0.221 e. The standard InChI is InChI=1S/C14H20N2O3S.ClH/c1-11-2-4-13(5-3-11)20(18,19)7-6-14(17)16-10-12-8-15-9-12;/h2-5,12,15H,6-10H2,1H3,(H,16,17);1H. The number of nitrogens with one attached hydrogen (secondary N) is 2. The lowest BCUT2D eigenvalue weighted by Crippen LogP contribution is -2.48. The number of rotatable bonds is 6. The average molecular weight is 333 g/mol. The fourth-order valence-corrected chi connectivity index (χ4v) is 3.17. The van der Waals surface area contributed by atoms with Gasteiger partial charge in [-0.05, 0) is 19.1 Å². The summed E-state index contributed by atoms with van der Waals surface area (Å²) >= 11 is 0. The second-order valence-electron chi connectivity index (χ2n) is 5.21. The summed E-state index contributed by atoms with van der Waals surface area (Å²) in [5, 5.41) is 5.89. The Balaban J connectivity index is 0.00000220. The molecule has 1 amide bonds. The molecule has 7 heteroatoms. The maximum absolute atomic E-state index is 12.1. The van der Waals surface area contributed by atoms with Crippen molar-refractivity contribution in [2.24, 2.45) is 5.92 Å². The zero-order valence-electron chi connectivity index (χ0n) is 12.0. The molecule has 1 saturated heterocycles. The van der Waals surface area contributed by atoms with Gasteiger partial charge in [0, 0.05) is 32.0 Å². The molecule has 1 aromatic carbocycles. The molecule has 0 bridgehead atoms. The van der Waals surface area contributed by atoms with E-state index in [1.165, 1.54) is 0 Å². The SMILES string of the molecule is Cc1ccc(S(=O)(=O)CCC(=O)NCC2CNC2)cc1.Cl. The lowest BCUT2D eigenvalue weighted by atomic mass is 10.0. The molecule has 0 radical (unpaired) electrons. The number of aryl methyl sites for hydroxylation is 1. The van der Waals surface area contributed by atoms with Crippen LogP contribution in [0.4, 0.5) is 0 Å². The van der Waals surface area contributed by atoms with Crippen LogP contribution in [0.5, 0.6) is 0 Å². The van der Waals surface area contributed by atoms with E-state index in [0.29, 0.717) is 12.5 Å². The van der Waals surface area contributed by atoms with Gasteiger partial charge in [0.15, 0.2) is 9.84 Å². The van der Waals surface area contributed by atoms with Crippen molar-refractivity contribution in [2.75, 3.05) is 25.4 Å². The Hall–Kier alpha value is -1.11. The first-order valence-corrected chi connectivity index (χ1v) is 8.39. The lowest BCUT2D eigenvalue weighted by molar-refractivity contribution is -0.120. The molecule has 0 spiro atoms. The van der Waals surface area contributed by atoms with Crippen LogP contribution < -0.4 is 10.6 Å². The summed E-state index contributed by atoms with van der Waals surface area (Å²) in [6, 6.07) is 6.69. The van der Waals surface area contributed by atoms with Gasteiger partial charge in [-0.15, -0.1) is 12.4 Å². The largest absolute Gasteiger partial charge is 0.356 e. The van der Waals surface area contributed by atoms with Gasteiger partial charge in [0.25, 0.3) is 0 Å². The van der Waals surface area contributed by atoms with Crippen LogP contribution in [0, 0.1) is 12.8 Å². The predicted octanol–water partition coefficient (Wildman–Crippen LogP) is 0.916. The van der Waals surface area contributed by atoms with E-state index in [1.54, 1.807) is 24.3 Å². The third-order valence-electron chi connectivity index (χ3n) is 3.43. The Morgan fingerprint density at radius 2 is 1.90 bits per heavy atom. The van der Waals surface area contributed by atoms with Gasteiger partial charge in [0.05, 0.1) is 10.6 Å². The first-order chi connectivity index (χ1) is 9.47. The molecule has 0 aliphatic carbocycles. The summed E-state index contributed by atoms with van der Waals surface area (Å²) in [4.78, 5) is 11.9. The first kappa shape index (κ1) is 17.9. The van der Waals surface area contributed by atoms with E-state index in [4.69, 9.17) is 0 Å². The molecule has 21 heavy (non-hydrogen) atoms. The summed E-state index contributed by atoms with van der Waals surface area (Å²) in [5.74, 6) is 0.130. The molecule has 118 valence electrons. The molecule has 5 nitrogen and oxygen atoms in total. The highest BCUT2D eigenvalue weighted by Gasteiger charge is 2.19. The highest BCUT2D eigenvalue weighted by molar-refractivity contribution is 7.91. The topological polar surface area (TPSA) is 75.3 Å². The minimum Gasteiger partial charge on any atom is -0.356 e. The Labute approximate surface area is 131 Å². The molecule has 0 aromatic heterocycles. The maximum atomic E-state index is 12.1. The van der Waals surface area contributed by atoms with Crippen molar-refractivity contribution in [3.05, 3.63) is 29.8 Å². The molecule has 0 unspecified atom stereocenters. The minimum absolute atomic E-state index is 0. The molecule has 0 saturated carbocycles. The van der Waals surface area contributed by atoms with Crippen molar-refractivity contribution in [1.82, 2.24) is 10.6 Å². The number of sulfone groups is 1. The van der Waals surface area contributed by atoms with Crippen LogP contribution in [0.15, 0.2) is 29.2 Å². The molecule has 2 rings (SSSR count). The monoisotopic (exact) mass is 332 g/mol. The second kappa shape index (κ2) is 7.77. The molecule has 0 atom stereocenters. The Bertz CT molecular complexity index is 568. The lowest BCUT2D eigenvalue weighted by Gasteiger charge is -2.27. The normalized spacial score (nSPS) is 14.9. The molecular weight excluding hydrogens is 312 g/mol. The average Bonchev–Trinajstić information content (AvgIpc) is 2.35. The summed E-state index contributed by atoms with van der Waals surface area (Å²) in [5.41, 5.74) is 1.01. The van der Waals surface area contributed by atoms with Crippen molar-refractivity contribution >= 4 is 28.2 Å². The van der Waals surface area contributed by atoms with Gasteiger partial charge < -0.3 is 10.6 Å². The molecule has 1 aliphatic heterocycles. The van der Waals surface area contributed by atoms with Gasteiger partial charge in [0.2, 0.25) is 5.91 Å². The first-order valence-electron chi connectivity index (χ1n) is 6.74. The van der Waals surface area contributed by atoms with Crippen LogP contribution in [0.25, 0.3) is 0 Å². The van der Waals surface area contributed by atoms with Crippen molar-refractivity contribution in [2.45, 2.75) is 18.2 Å². The third kappa shape index (κ3) is 5.30. The summed E-state index contributed by atoms with van der Waals surface area (Å²) in [6.07, 6.45) is 0.0103. The fourth-order valence-electron chi connectivity index (χ4n) is 1.93. The van der Waals surface area contributed by atoms with E-state index in [9.17, 15) is 13.2 Å². The summed E-state index contributed by atoms with van der Waals surface area (Å²) in [7, 11) is -3.38. The fraction of sp³-hybridized carbons (Fsp3) is 0.500. The zero-order valence-corrected chi connectivity index (χ0v) is 13.6. The number of benzene rings is 1. The predicted molar refractivity (Wildman–Crippen MR) is 84.5 cm³/mol. The van der Waals surface area contributed by atoms with Crippen molar-refractivity contribution in [3.63, 3.8) is 0 Å². The number of carbonyl (C=O) groups excluding carboxylic acids is 1. The smallest absolute Gasteiger partial charge is 0.221 e. The molecular formula is C14H21ClN2O3S. The number of amides is 1. The van der Waals surface area contributed by atoms with Crippen molar-refractivity contribution in [1.29, 1.82) is 0 Å². The summed E-state index contributed by atoms with van der Waals surface area (Å²) < 4.78 is 24.1. The van der Waals surface area contributed by atoms with Gasteiger partial charge in [-0.1, -0.05) is 17.7 Å². The number of hydrogen-bond acceptors (Lipinski definition) is 4. The third-order valence-corrected chi connectivity index (χ3v) is 5.16. The van der Waals surface area contributed by atoms with E-state index in [2.05, 4.69) is 10.6 Å². The minimum atomic E-state index is -3.38. The van der Waals surface area contributed by atoms with E-state index in [1.807, 2.05) is 6.92 Å². The van der Waals surface area contributed by atoms with Gasteiger partial charge in [-0.3, -0.25) is 4.79 Å². The van der Waals surface area contributed by atoms with Crippen molar-refractivity contribution < 1.29 is 13.2 Å². The van der Waals surface area contributed by atoms with Crippen LogP contribution in [0.1, 0.15) is 12.0 Å². The highest BCUT2D eigenvalue weighted by Crippen LogP contribution is 2.13. The quantitative estimate of drug-likeness (QED) is 0.812. The summed E-state index contributed by atoms with van der Waals surface area (Å²) in [6.45, 7) is 4.36. The van der Waals surface area contributed by atoms with E-state index in [0.717, 1.165) is 18.7 Å². The molecule has 2 N–H and O–H groups in total. The van der Waals surface area contributed by atoms with Crippen LogP contribution in [0.2, 0.25) is 0 Å². The Morgan fingerprint density at radius 1 is 1.29 bits per heavy atom. The zero-order chi connectivity index (χ0) is 14.6. The molecule has 1 heterocycles. The van der Waals surface area contributed by atoms with Gasteiger partial charge in [-0.2, -0.15) is 0 Å². The van der Waals surface area contributed by atoms with Crippen LogP contribution in [-0.2, 0) is 14.6 Å². The Morgan fingerprint density at radius 3 is 2.43 bits per heavy atom. The molecule has 1 aromatic rings. The molecule has 1 fully saturated rings. The van der Waals surface area contributed by atoms with Gasteiger partial charge >= 0.3 is 0 Å². The van der Waals surface area contributed by atoms with Gasteiger partial charge in [0.1, 0.15) is 0 Å². The van der Waals surface area contributed by atoms with Gasteiger partial charge in [-0.25, -0.2) is 8.42 Å². The second-order valence-corrected chi connectivity index (χ2v) is 7.32. The van der Waals surface area contributed by atoms with E-state index >= 15 is 0 Å². The van der Waals surface area contributed by atoms with Crippen molar-refractivity contribution in [3.8, 4) is 0 Å². The van der Waals surface area contributed by atoms with E-state index < -0.39 is 9.84 Å².